The molecule has 1 aromatic heterocycles. The molecule has 116 valence electrons. The largest absolute Gasteiger partial charge is 0.348 e. The summed E-state index contributed by atoms with van der Waals surface area (Å²) in [6.07, 6.45) is 2.11. The molecule has 4 nitrogen and oxygen atoms in total. The van der Waals surface area contributed by atoms with E-state index in [0.717, 1.165) is 5.56 Å². The first-order chi connectivity index (χ1) is 11.2. The van der Waals surface area contributed by atoms with Crippen LogP contribution in [0, 0.1) is 5.82 Å². The number of halogens is 2. The van der Waals surface area contributed by atoms with E-state index in [4.69, 9.17) is 11.6 Å². The molecule has 23 heavy (non-hydrogen) atoms. The molecule has 0 saturated carbocycles. The van der Waals surface area contributed by atoms with Crippen molar-refractivity contribution in [3.05, 3.63) is 76.8 Å². The number of hydrogen-bond donors (Lipinski definition) is 1. The Hall–Kier alpha value is -2.40. The van der Waals surface area contributed by atoms with Gasteiger partial charge in [-0.3, -0.25) is 0 Å². The van der Waals surface area contributed by atoms with Crippen molar-refractivity contribution < 1.29 is 4.39 Å². The van der Waals surface area contributed by atoms with Crippen molar-refractivity contribution in [2.24, 2.45) is 0 Å². The van der Waals surface area contributed by atoms with Gasteiger partial charge >= 0.3 is 0 Å². The molecule has 1 N–H and O–H groups in total. The number of hydrogen-bond acceptors (Lipinski definition) is 3. The quantitative estimate of drug-likeness (QED) is 0.766. The Bertz CT molecular complexity index is 813. The Labute approximate surface area is 137 Å². The maximum absolute atomic E-state index is 14.4. The zero-order chi connectivity index (χ0) is 15.8. The lowest BCUT2D eigenvalue weighted by Gasteiger charge is -2.32. The summed E-state index contributed by atoms with van der Waals surface area (Å²) in [5, 5.41) is 8.01. The van der Waals surface area contributed by atoms with Crippen molar-refractivity contribution in [1.29, 1.82) is 0 Å². The van der Waals surface area contributed by atoms with Gasteiger partial charge in [0.05, 0.1) is 12.1 Å². The molecule has 0 amide bonds. The number of nitrogens with one attached hydrogen (secondary N) is 1. The third-order valence-corrected chi connectivity index (χ3v) is 4.50. The minimum absolute atomic E-state index is 0.0218. The van der Waals surface area contributed by atoms with Crippen LogP contribution in [0.25, 0.3) is 0 Å². The molecule has 0 aliphatic carbocycles. The van der Waals surface area contributed by atoms with Crippen LogP contribution in [0.5, 0.6) is 0 Å². The molecule has 0 saturated heterocycles. The number of rotatable bonds is 2. The van der Waals surface area contributed by atoms with Crippen LogP contribution in [0.2, 0.25) is 5.02 Å². The second-order valence-corrected chi connectivity index (χ2v) is 5.93. The molecule has 1 aliphatic rings. The SMILES string of the molecule is Fc1cccc(Cl)c1C1CC(c2ccccc2)Nc2ncnn21. The van der Waals surface area contributed by atoms with Crippen molar-refractivity contribution in [3.63, 3.8) is 0 Å². The van der Waals surface area contributed by atoms with Gasteiger partial charge in [0.15, 0.2) is 0 Å². The van der Waals surface area contributed by atoms with Crippen molar-refractivity contribution in [2.45, 2.75) is 18.5 Å². The molecule has 0 spiro atoms. The Morgan fingerprint density at radius 2 is 1.96 bits per heavy atom. The van der Waals surface area contributed by atoms with Gasteiger partial charge in [0.1, 0.15) is 12.1 Å². The maximum atomic E-state index is 14.4. The molecular formula is C17H14ClFN4. The highest BCUT2D eigenvalue weighted by Crippen LogP contribution is 2.40. The van der Waals surface area contributed by atoms with Crippen molar-refractivity contribution >= 4 is 17.5 Å². The zero-order valence-corrected chi connectivity index (χ0v) is 12.9. The number of fused-ring (bicyclic) bond motifs is 1. The van der Waals surface area contributed by atoms with Gasteiger partial charge in [0, 0.05) is 10.6 Å². The van der Waals surface area contributed by atoms with Crippen molar-refractivity contribution in [3.8, 4) is 0 Å². The van der Waals surface area contributed by atoms with Crippen LogP contribution in [0.15, 0.2) is 54.9 Å². The highest BCUT2D eigenvalue weighted by Gasteiger charge is 2.32. The highest BCUT2D eigenvalue weighted by atomic mass is 35.5. The van der Waals surface area contributed by atoms with Crippen molar-refractivity contribution in [2.75, 3.05) is 5.32 Å². The molecule has 0 radical (unpaired) electrons. The van der Waals surface area contributed by atoms with Crippen LogP contribution in [0.3, 0.4) is 0 Å². The predicted molar refractivity (Wildman–Crippen MR) is 87.0 cm³/mol. The van der Waals surface area contributed by atoms with E-state index in [1.165, 1.54) is 12.4 Å². The van der Waals surface area contributed by atoms with E-state index in [1.807, 2.05) is 30.3 Å². The number of benzene rings is 2. The van der Waals surface area contributed by atoms with E-state index in [9.17, 15) is 4.39 Å². The molecule has 2 atom stereocenters. The average Bonchev–Trinajstić information content (AvgIpc) is 3.04. The van der Waals surface area contributed by atoms with Gasteiger partial charge in [-0.1, -0.05) is 48.0 Å². The minimum atomic E-state index is -0.322. The van der Waals surface area contributed by atoms with E-state index in [-0.39, 0.29) is 17.9 Å². The summed E-state index contributed by atoms with van der Waals surface area (Å²) in [6, 6.07) is 14.5. The van der Waals surface area contributed by atoms with Gasteiger partial charge in [-0.2, -0.15) is 10.1 Å². The van der Waals surface area contributed by atoms with Crippen LogP contribution in [0.4, 0.5) is 10.3 Å². The first-order valence-corrected chi connectivity index (χ1v) is 7.76. The Morgan fingerprint density at radius 3 is 2.74 bits per heavy atom. The average molecular weight is 329 g/mol. The molecule has 3 aromatic rings. The van der Waals surface area contributed by atoms with Crippen LogP contribution in [-0.4, -0.2) is 14.8 Å². The molecule has 2 heterocycles. The smallest absolute Gasteiger partial charge is 0.222 e. The highest BCUT2D eigenvalue weighted by molar-refractivity contribution is 6.31. The first-order valence-electron chi connectivity index (χ1n) is 7.39. The minimum Gasteiger partial charge on any atom is -0.348 e. The summed E-state index contributed by atoms with van der Waals surface area (Å²) in [6.45, 7) is 0. The van der Waals surface area contributed by atoms with Crippen LogP contribution >= 0.6 is 11.6 Å². The fraction of sp³-hybridized carbons (Fsp3) is 0.176. The molecule has 1 aliphatic heterocycles. The fourth-order valence-electron chi connectivity index (χ4n) is 3.09. The van der Waals surface area contributed by atoms with E-state index in [0.29, 0.717) is 23.0 Å². The summed E-state index contributed by atoms with van der Waals surface area (Å²) in [4.78, 5) is 4.24. The fourth-order valence-corrected chi connectivity index (χ4v) is 3.38. The van der Waals surface area contributed by atoms with Gasteiger partial charge in [-0.25, -0.2) is 9.07 Å². The summed E-state index contributed by atoms with van der Waals surface area (Å²) < 4.78 is 16.1. The van der Waals surface area contributed by atoms with E-state index in [2.05, 4.69) is 15.4 Å². The van der Waals surface area contributed by atoms with E-state index >= 15 is 0 Å². The van der Waals surface area contributed by atoms with Gasteiger partial charge < -0.3 is 5.32 Å². The first kappa shape index (κ1) is 14.2. The summed E-state index contributed by atoms with van der Waals surface area (Å²) >= 11 is 6.27. The number of nitrogens with zero attached hydrogens (tertiary/aromatic N) is 3. The third kappa shape index (κ3) is 2.47. The summed E-state index contributed by atoms with van der Waals surface area (Å²) in [7, 11) is 0. The Balaban J connectivity index is 1.80. The van der Waals surface area contributed by atoms with E-state index < -0.39 is 0 Å². The summed E-state index contributed by atoms with van der Waals surface area (Å²) in [5.74, 6) is 0.298. The molecular weight excluding hydrogens is 315 g/mol. The maximum Gasteiger partial charge on any atom is 0.222 e. The predicted octanol–water partition coefficient (Wildman–Crippen LogP) is 4.22. The monoisotopic (exact) mass is 328 g/mol. The van der Waals surface area contributed by atoms with Crippen LogP contribution in [-0.2, 0) is 0 Å². The topological polar surface area (TPSA) is 42.7 Å². The lowest BCUT2D eigenvalue weighted by molar-refractivity contribution is 0.416. The zero-order valence-electron chi connectivity index (χ0n) is 12.2. The Morgan fingerprint density at radius 1 is 1.13 bits per heavy atom. The number of aromatic nitrogens is 3. The molecule has 2 unspecified atom stereocenters. The second-order valence-electron chi connectivity index (χ2n) is 5.52. The van der Waals surface area contributed by atoms with Gasteiger partial charge in [0.25, 0.3) is 0 Å². The van der Waals surface area contributed by atoms with Crippen molar-refractivity contribution in [1.82, 2.24) is 14.8 Å². The van der Waals surface area contributed by atoms with E-state index in [1.54, 1.807) is 16.8 Å². The normalized spacial score (nSPS) is 19.9. The molecule has 2 aromatic carbocycles. The van der Waals surface area contributed by atoms with Gasteiger partial charge in [-0.15, -0.1) is 0 Å². The van der Waals surface area contributed by atoms with Crippen LogP contribution < -0.4 is 5.32 Å². The lowest BCUT2D eigenvalue weighted by atomic mass is 9.93. The Kier molecular flexibility index (Phi) is 3.50. The molecule has 4 rings (SSSR count). The molecule has 6 heteroatoms. The second kappa shape index (κ2) is 5.66. The molecule has 0 bridgehead atoms. The van der Waals surface area contributed by atoms with Gasteiger partial charge in [0.2, 0.25) is 5.95 Å². The van der Waals surface area contributed by atoms with Crippen LogP contribution in [0.1, 0.15) is 29.6 Å². The standard InChI is InChI=1S/C17H14ClFN4/c18-12-7-4-8-13(19)16(12)15-9-14(11-5-2-1-3-6-11)22-17-20-10-21-23(15)17/h1-8,10,14-15H,9H2,(H,20,21,22). The third-order valence-electron chi connectivity index (χ3n) is 4.17. The summed E-state index contributed by atoms with van der Waals surface area (Å²) in [5.41, 5.74) is 1.59. The van der Waals surface area contributed by atoms with Gasteiger partial charge in [-0.05, 0) is 24.1 Å². The number of anilines is 1. The molecule has 0 fully saturated rings. The lowest BCUT2D eigenvalue weighted by Crippen LogP contribution is -2.28.